The number of carbonyl (C=O) groups excluding carboxylic acids is 1. The predicted octanol–water partition coefficient (Wildman–Crippen LogP) is 4.36. The fourth-order valence-electron chi connectivity index (χ4n) is 2.82. The molecule has 1 amide bonds. The molecule has 0 fully saturated rings. The molecule has 2 aromatic heterocycles. The lowest BCUT2D eigenvalue weighted by molar-refractivity contribution is 0.102. The number of anilines is 1. The molecule has 0 unspecified atom stereocenters. The van der Waals surface area contributed by atoms with E-state index in [1.807, 2.05) is 78.4 Å². The molecule has 7 heteroatoms. The first-order valence-corrected chi connectivity index (χ1v) is 9.68. The second-order valence-electron chi connectivity index (χ2n) is 6.36. The van der Waals surface area contributed by atoms with Gasteiger partial charge in [0.25, 0.3) is 5.91 Å². The standard InChI is InChI=1S/C21H19N5OS/c1-14-8-10-16(11-9-14)24-20(27)18-19(23-13-22-18)25-21-26(15(2)12-28-21)17-6-4-3-5-7-17/h3-13H,1-2H3,(H,22,23)(H,24,27)/b25-21-. The normalized spacial score (nSPS) is 11.6. The second-order valence-corrected chi connectivity index (χ2v) is 7.20. The first-order valence-electron chi connectivity index (χ1n) is 8.80. The Morgan fingerprint density at radius 2 is 1.86 bits per heavy atom. The summed E-state index contributed by atoms with van der Waals surface area (Å²) in [4.78, 5) is 25.2. The third kappa shape index (κ3) is 3.65. The van der Waals surface area contributed by atoms with Crippen LogP contribution in [0, 0.1) is 13.8 Å². The van der Waals surface area contributed by atoms with Gasteiger partial charge in [-0.15, -0.1) is 11.3 Å². The zero-order valence-corrected chi connectivity index (χ0v) is 16.3. The number of thiazole rings is 1. The Kier molecular flexibility index (Phi) is 4.90. The zero-order valence-electron chi connectivity index (χ0n) is 15.5. The Morgan fingerprint density at radius 3 is 2.61 bits per heavy atom. The first-order chi connectivity index (χ1) is 13.6. The maximum atomic E-state index is 12.7. The van der Waals surface area contributed by atoms with E-state index in [2.05, 4.69) is 20.3 Å². The molecule has 0 aliphatic carbocycles. The number of H-pyrrole nitrogens is 1. The van der Waals surface area contributed by atoms with Crippen molar-refractivity contribution in [3.8, 4) is 5.69 Å². The highest BCUT2D eigenvalue weighted by Crippen LogP contribution is 2.17. The number of benzene rings is 2. The number of hydrogen-bond donors (Lipinski definition) is 2. The van der Waals surface area contributed by atoms with Crippen LogP contribution >= 0.6 is 11.3 Å². The maximum absolute atomic E-state index is 12.7. The molecule has 4 aromatic rings. The van der Waals surface area contributed by atoms with Crippen LogP contribution < -0.4 is 10.1 Å². The molecule has 140 valence electrons. The minimum absolute atomic E-state index is 0.278. The fraction of sp³-hybridized carbons (Fsp3) is 0.0952. The van der Waals surface area contributed by atoms with Crippen molar-refractivity contribution in [3.05, 3.63) is 88.1 Å². The van der Waals surface area contributed by atoms with Gasteiger partial charge in [0.05, 0.1) is 6.33 Å². The summed E-state index contributed by atoms with van der Waals surface area (Å²) in [5, 5.41) is 4.91. The highest BCUT2D eigenvalue weighted by molar-refractivity contribution is 7.07. The quantitative estimate of drug-likeness (QED) is 0.544. The Hall–Kier alpha value is -3.45. The Bertz CT molecular complexity index is 1170. The lowest BCUT2D eigenvalue weighted by Gasteiger charge is -2.06. The largest absolute Gasteiger partial charge is 0.339 e. The number of amides is 1. The topological polar surface area (TPSA) is 75.1 Å². The molecule has 2 aromatic carbocycles. The Balaban J connectivity index is 1.69. The number of hydrogen-bond acceptors (Lipinski definition) is 4. The van der Waals surface area contributed by atoms with Gasteiger partial charge >= 0.3 is 0 Å². The molecule has 0 atom stereocenters. The molecule has 0 spiro atoms. The number of carbonyl (C=O) groups is 1. The van der Waals surface area contributed by atoms with Crippen molar-refractivity contribution >= 4 is 28.7 Å². The maximum Gasteiger partial charge on any atom is 0.276 e. The second kappa shape index (κ2) is 7.66. The molecule has 0 aliphatic rings. The van der Waals surface area contributed by atoms with Gasteiger partial charge in [-0.2, -0.15) is 4.99 Å². The van der Waals surface area contributed by atoms with Crippen molar-refractivity contribution in [1.29, 1.82) is 0 Å². The van der Waals surface area contributed by atoms with Crippen LogP contribution in [0.3, 0.4) is 0 Å². The van der Waals surface area contributed by atoms with E-state index in [1.54, 1.807) is 0 Å². The van der Waals surface area contributed by atoms with E-state index in [0.717, 1.165) is 27.4 Å². The van der Waals surface area contributed by atoms with Crippen molar-refractivity contribution in [2.24, 2.45) is 4.99 Å². The minimum Gasteiger partial charge on any atom is -0.339 e. The monoisotopic (exact) mass is 389 g/mol. The number of nitrogens with zero attached hydrogens (tertiary/aromatic N) is 3. The molecule has 4 rings (SSSR count). The van der Waals surface area contributed by atoms with Crippen LogP contribution in [0.15, 0.2) is 71.3 Å². The first kappa shape index (κ1) is 17.9. The molecule has 0 bridgehead atoms. The van der Waals surface area contributed by atoms with Gasteiger partial charge in [0.15, 0.2) is 16.3 Å². The van der Waals surface area contributed by atoms with Crippen molar-refractivity contribution in [2.75, 3.05) is 5.32 Å². The Morgan fingerprint density at radius 1 is 1.11 bits per heavy atom. The van der Waals surface area contributed by atoms with Gasteiger partial charge in [-0.1, -0.05) is 35.9 Å². The molecular formula is C21H19N5OS. The molecule has 0 saturated heterocycles. The number of aryl methyl sites for hydroxylation is 2. The van der Waals surface area contributed by atoms with Gasteiger partial charge in [0.2, 0.25) is 0 Å². The molecule has 2 N–H and O–H groups in total. The zero-order chi connectivity index (χ0) is 19.5. The number of aromatic amines is 1. The highest BCUT2D eigenvalue weighted by atomic mass is 32.1. The third-order valence-corrected chi connectivity index (χ3v) is 5.19. The summed E-state index contributed by atoms with van der Waals surface area (Å²) in [6.45, 7) is 4.03. The summed E-state index contributed by atoms with van der Waals surface area (Å²) < 4.78 is 2.04. The molecule has 2 heterocycles. The molecule has 0 aliphatic heterocycles. The average molecular weight is 389 g/mol. The molecule has 0 radical (unpaired) electrons. The number of para-hydroxylation sites is 1. The van der Waals surface area contributed by atoms with E-state index in [-0.39, 0.29) is 5.91 Å². The summed E-state index contributed by atoms with van der Waals surface area (Å²) in [6.07, 6.45) is 1.48. The van der Waals surface area contributed by atoms with Crippen molar-refractivity contribution < 1.29 is 4.79 Å². The number of imidazole rings is 1. The predicted molar refractivity (Wildman–Crippen MR) is 111 cm³/mol. The van der Waals surface area contributed by atoms with E-state index >= 15 is 0 Å². The van der Waals surface area contributed by atoms with E-state index in [0.29, 0.717) is 11.5 Å². The summed E-state index contributed by atoms with van der Waals surface area (Å²) in [6, 6.07) is 17.6. The van der Waals surface area contributed by atoms with Crippen LogP contribution in [0.4, 0.5) is 11.5 Å². The van der Waals surface area contributed by atoms with Gasteiger partial charge in [-0.05, 0) is 38.1 Å². The summed E-state index contributed by atoms with van der Waals surface area (Å²) in [5.74, 6) is 0.0794. The summed E-state index contributed by atoms with van der Waals surface area (Å²) in [5.41, 5.74) is 4.26. The Labute approximate surface area is 166 Å². The smallest absolute Gasteiger partial charge is 0.276 e. The number of nitrogens with one attached hydrogen (secondary N) is 2. The van der Waals surface area contributed by atoms with E-state index in [1.165, 1.54) is 17.7 Å². The van der Waals surface area contributed by atoms with Crippen LogP contribution in [0.2, 0.25) is 0 Å². The lowest BCUT2D eigenvalue weighted by atomic mass is 10.2. The molecule has 0 saturated carbocycles. The average Bonchev–Trinajstić information content (AvgIpc) is 3.31. The SMILES string of the molecule is Cc1ccc(NC(=O)c2[nH]cnc2/N=c2\scc(C)n2-c2ccccc2)cc1. The molecular weight excluding hydrogens is 370 g/mol. The van der Waals surface area contributed by atoms with Gasteiger partial charge in [-0.25, -0.2) is 4.98 Å². The van der Waals surface area contributed by atoms with Crippen LogP contribution in [-0.2, 0) is 0 Å². The number of rotatable bonds is 4. The fourth-order valence-corrected chi connectivity index (χ4v) is 3.70. The van der Waals surface area contributed by atoms with Gasteiger partial charge in [0, 0.05) is 22.4 Å². The van der Waals surface area contributed by atoms with E-state index in [9.17, 15) is 4.79 Å². The molecule has 28 heavy (non-hydrogen) atoms. The van der Waals surface area contributed by atoms with E-state index in [4.69, 9.17) is 0 Å². The third-order valence-electron chi connectivity index (χ3n) is 4.25. The van der Waals surface area contributed by atoms with Crippen LogP contribution in [-0.4, -0.2) is 20.4 Å². The van der Waals surface area contributed by atoms with Crippen molar-refractivity contribution in [3.63, 3.8) is 0 Å². The van der Waals surface area contributed by atoms with Crippen LogP contribution in [0.25, 0.3) is 5.69 Å². The van der Waals surface area contributed by atoms with Gasteiger partial charge in [0.1, 0.15) is 0 Å². The van der Waals surface area contributed by atoms with Gasteiger partial charge in [-0.3, -0.25) is 9.36 Å². The van der Waals surface area contributed by atoms with Crippen molar-refractivity contribution in [2.45, 2.75) is 13.8 Å². The van der Waals surface area contributed by atoms with Crippen molar-refractivity contribution in [1.82, 2.24) is 14.5 Å². The summed E-state index contributed by atoms with van der Waals surface area (Å²) >= 11 is 1.51. The van der Waals surface area contributed by atoms with Crippen LogP contribution in [0.5, 0.6) is 0 Å². The van der Waals surface area contributed by atoms with E-state index < -0.39 is 0 Å². The minimum atomic E-state index is -0.278. The summed E-state index contributed by atoms with van der Waals surface area (Å²) in [7, 11) is 0. The molecule has 6 nitrogen and oxygen atoms in total. The highest BCUT2D eigenvalue weighted by Gasteiger charge is 2.15. The van der Waals surface area contributed by atoms with Crippen LogP contribution in [0.1, 0.15) is 21.7 Å². The van der Waals surface area contributed by atoms with Gasteiger partial charge < -0.3 is 10.3 Å². The lowest BCUT2D eigenvalue weighted by Crippen LogP contribution is -2.15. The number of aromatic nitrogens is 3.